The summed E-state index contributed by atoms with van der Waals surface area (Å²) in [6.45, 7) is 2.14. The predicted octanol–water partition coefficient (Wildman–Crippen LogP) is 14.5. The number of benzene rings is 9. The number of hydrogen-bond donors (Lipinski definition) is 0. The number of aryl methyl sites for hydroxylation is 1. The Bertz CT molecular complexity index is 3160. The molecule has 2 nitrogen and oxygen atoms in total. The Morgan fingerprint density at radius 1 is 0.429 bits per heavy atom. The van der Waals surface area contributed by atoms with E-state index in [4.69, 9.17) is 4.42 Å². The van der Waals surface area contributed by atoms with Crippen LogP contribution in [0.1, 0.15) is 27.8 Å². The Morgan fingerprint density at radius 3 is 1.75 bits per heavy atom. The van der Waals surface area contributed by atoms with Crippen LogP contribution in [-0.4, -0.2) is 0 Å². The molecule has 56 heavy (non-hydrogen) atoms. The summed E-state index contributed by atoms with van der Waals surface area (Å²) in [5, 5.41) is 4.65. The summed E-state index contributed by atoms with van der Waals surface area (Å²) in [4.78, 5) is 2.46. The minimum absolute atomic E-state index is 0.451. The maximum absolute atomic E-state index is 7.07. The van der Waals surface area contributed by atoms with Crippen LogP contribution in [-0.2, 0) is 5.41 Å². The molecule has 9 aromatic carbocycles. The molecule has 10 aromatic rings. The van der Waals surface area contributed by atoms with Crippen LogP contribution in [0.25, 0.3) is 66.1 Å². The molecule has 1 heterocycles. The van der Waals surface area contributed by atoms with Gasteiger partial charge in [-0.25, -0.2) is 0 Å². The number of anilines is 3. The molecule has 0 unspecified atom stereocenters. The van der Waals surface area contributed by atoms with Gasteiger partial charge in [0.25, 0.3) is 0 Å². The van der Waals surface area contributed by atoms with Gasteiger partial charge in [0.05, 0.1) is 16.8 Å². The molecule has 0 saturated heterocycles. The average molecular weight is 714 g/mol. The smallest absolute Gasteiger partial charge is 0.160 e. The van der Waals surface area contributed by atoms with Crippen LogP contribution in [0.2, 0.25) is 0 Å². The van der Waals surface area contributed by atoms with Crippen LogP contribution < -0.4 is 4.90 Å². The monoisotopic (exact) mass is 713 g/mol. The van der Waals surface area contributed by atoms with Gasteiger partial charge in [-0.1, -0.05) is 170 Å². The van der Waals surface area contributed by atoms with E-state index in [1.54, 1.807) is 0 Å². The van der Waals surface area contributed by atoms with Crippen LogP contribution >= 0.6 is 0 Å². The van der Waals surface area contributed by atoms with Crippen LogP contribution in [0.15, 0.2) is 199 Å². The molecule has 0 saturated carbocycles. The van der Waals surface area contributed by atoms with Gasteiger partial charge in [-0.15, -0.1) is 0 Å². The number of fused-ring (bicyclic) bond motifs is 15. The van der Waals surface area contributed by atoms with Crippen molar-refractivity contribution in [2.45, 2.75) is 12.3 Å². The number of hydrogen-bond acceptors (Lipinski definition) is 2. The topological polar surface area (TPSA) is 16.4 Å². The Kier molecular flexibility index (Phi) is 6.50. The van der Waals surface area contributed by atoms with E-state index in [1.807, 2.05) is 0 Å². The number of furan rings is 1. The predicted molar refractivity (Wildman–Crippen MR) is 232 cm³/mol. The lowest BCUT2D eigenvalue weighted by Gasteiger charge is -2.32. The fourth-order valence-corrected chi connectivity index (χ4v) is 10.1. The highest BCUT2D eigenvalue weighted by atomic mass is 16.3. The van der Waals surface area contributed by atoms with E-state index in [-0.39, 0.29) is 0 Å². The third-order valence-corrected chi connectivity index (χ3v) is 12.4. The second-order valence-electron chi connectivity index (χ2n) is 15.2. The molecule has 0 bridgehead atoms. The number of para-hydroxylation sites is 1. The van der Waals surface area contributed by atoms with E-state index in [2.05, 4.69) is 206 Å². The molecular weight excluding hydrogens is 679 g/mol. The molecule has 262 valence electrons. The third kappa shape index (κ3) is 4.11. The van der Waals surface area contributed by atoms with Crippen LogP contribution in [0.4, 0.5) is 17.1 Å². The zero-order valence-corrected chi connectivity index (χ0v) is 30.8. The highest BCUT2D eigenvalue weighted by molar-refractivity contribution is 6.23. The SMILES string of the molecule is Cc1cccc2c1oc1c(N(c3ccc(-c4ccccc4)cc3)c3cccc4c3-c3ccccc3C43c4ccccc4-c4ccccc43)cc3ccccc3c12. The maximum atomic E-state index is 7.07. The molecule has 2 heteroatoms. The molecule has 1 aromatic heterocycles. The summed E-state index contributed by atoms with van der Waals surface area (Å²) in [5.74, 6) is 0. The number of nitrogens with zero attached hydrogens (tertiary/aromatic N) is 1. The molecule has 0 fully saturated rings. The van der Waals surface area contributed by atoms with Crippen LogP contribution in [0.5, 0.6) is 0 Å². The van der Waals surface area contributed by atoms with E-state index in [0.29, 0.717) is 0 Å². The first kappa shape index (κ1) is 31.2. The maximum Gasteiger partial charge on any atom is 0.160 e. The second-order valence-corrected chi connectivity index (χ2v) is 15.2. The minimum atomic E-state index is -0.451. The van der Waals surface area contributed by atoms with Gasteiger partial charge in [0, 0.05) is 22.0 Å². The van der Waals surface area contributed by atoms with Crippen molar-refractivity contribution in [1.29, 1.82) is 0 Å². The first-order valence-electron chi connectivity index (χ1n) is 19.4. The fourth-order valence-electron chi connectivity index (χ4n) is 10.1. The second kappa shape index (κ2) is 11.7. The van der Waals surface area contributed by atoms with Gasteiger partial charge in [-0.3, -0.25) is 0 Å². The van der Waals surface area contributed by atoms with Crippen LogP contribution in [0, 0.1) is 6.92 Å². The van der Waals surface area contributed by atoms with Gasteiger partial charge in [-0.05, 0) is 97.6 Å². The van der Waals surface area contributed by atoms with Gasteiger partial charge < -0.3 is 9.32 Å². The van der Waals surface area contributed by atoms with Crippen molar-refractivity contribution in [3.8, 4) is 33.4 Å². The number of rotatable bonds is 4. The third-order valence-electron chi connectivity index (χ3n) is 12.4. The molecule has 12 rings (SSSR count). The molecule has 2 aliphatic carbocycles. The molecular formula is C54H35NO. The van der Waals surface area contributed by atoms with E-state index in [0.717, 1.165) is 44.6 Å². The highest BCUT2D eigenvalue weighted by Gasteiger charge is 2.52. The molecule has 0 amide bonds. The summed E-state index contributed by atoms with van der Waals surface area (Å²) in [7, 11) is 0. The van der Waals surface area contributed by atoms with Gasteiger partial charge in [0.1, 0.15) is 5.58 Å². The Labute approximate surface area is 325 Å². The lowest BCUT2D eigenvalue weighted by Crippen LogP contribution is -2.26. The van der Waals surface area contributed by atoms with Crippen molar-refractivity contribution in [2.24, 2.45) is 0 Å². The Hall–Kier alpha value is -7.16. The molecule has 0 radical (unpaired) electrons. The normalized spacial score (nSPS) is 13.2. The standard InChI is InChI=1S/C54H35NO/c1-34-15-13-23-43-50-39-19-6-5-18-37(39)33-49(53(50)56-52(34)43)55(38-31-29-36(30-32-38)35-16-3-2-4-17-35)48-28-14-27-47-51(48)42-22-9-12-26-46(42)54(47)44-24-10-7-20-40(44)41-21-8-11-25-45(41)54/h2-33H,1H3. The van der Waals surface area contributed by atoms with Gasteiger partial charge in [0.15, 0.2) is 5.58 Å². The Balaban J connectivity index is 1.20. The zero-order chi connectivity index (χ0) is 37.0. The van der Waals surface area contributed by atoms with Gasteiger partial charge in [-0.2, -0.15) is 0 Å². The van der Waals surface area contributed by atoms with Crippen molar-refractivity contribution < 1.29 is 4.42 Å². The minimum Gasteiger partial charge on any atom is -0.454 e. The van der Waals surface area contributed by atoms with E-state index >= 15 is 0 Å². The molecule has 0 N–H and O–H groups in total. The van der Waals surface area contributed by atoms with Crippen molar-refractivity contribution in [1.82, 2.24) is 0 Å². The van der Waals surface area contributed by atoms with Crippen molar-refractivity contribution in [3.63, 3.8) is 0 Å². The molecule has 1 spiro atoms. The highest BCUT2D eigenvalue weighted by Crippen LogP contribution is 2.65. The lowest BCUT2D eigenvalue weighted by molar-refractivity contribution is 0.666. The first-order valence-corrected chi connectivity index (χ1v) is 19.4. The lowest BCUT2D eigenvalue weighted by atomic mass is 9.70. The fraction of sp³-hybridized carbons (Fsp3) is 0.0370. The van der Waals surface area contributed by atoms with Crippen molar-refractivity contribution in [3.05, 3.63) is 222 Å². The van der Waals surface area contributed by atoms with Crippen LogP contribution in [0.3, 0.4) is 0 Å². The summed E-state index contributed by atoms with van der Waals surface area (Å²) in [5.41, 5.74) is 18.5. The van der Waals surface area contributed by atoms with E-state index < -0.39 is 5.41 Å². The quantitative estimate of drug-likeness (QED) is 0.181. The first-order chi connectivity index (χ1) is 27.7. The summed E-state index contributed by atoms with van der Waals surface area (Å²) < 4.78 is 7.07. The van der Waals surface area contributed by atoms with Gasteiger partial charge >= 0.3 is 0 Å². The van der Waals surface area contributed by atoms with Gasteiger partial charge in [0.2, 0.25) is 0 Å². The van der Waals surface area contributed by atoms with E-state index in [1.165, 1.54) is 66.4 Å². The summed E-state index contributed by atoms with van der Waals surface area (Å²) >= 11 is 0. The molecule has 0 aliphatic heterocycles. The molecule has 2 aliphatic rings. The van der Waals surface area contributed by atoms with E-state index in [9.17, 15) is 0 Å². The van der Waals surface area contributed by atoms with Crippen molar-refractivity contribution >= 4 is 49.8 Å². The summed E-state index contributed by atoms with van der Waals surface area (Å²) in [6, 6.07) is 71.3. The average Bonchev–Trinajstić information content (AvgIpc) is 3.91. The zero-order valence-electron chi connectivity index (χ0n) is 30.8. The Morgan fingerprint density at radius 2 is 1.00 bits per heavy atom. The largest absolute Gasteiger partial charge is 0.454 e. The summed E-state index contributed by atoms with van der Waals surface area (Å²) in [6.07, 6.45) is 0. The molecule has 0 atom stereocenters. The van der Waals surface area contributed by atoms with Crippen molar-refractivity contribution in [2.75, 3.05) is 4.90 Å².